The summed E-state index contributed by atoms with van der Waals surface area (Å²) in [5, 5.41) is 9.02. The average molecular weight is 856 g/mol. The minimum atomic E-state index is 1.09. The molecule has 0 radical (unpaired) electrons. The summed E-state index contributed by atoms with van der Waals surface area (Å²) < 4.78 is 0. The molecule has 0 fully saturated rings. The number of hydrogen-bond acceptors (Lipinski definition) is 5. The zero-order valence-corrected chi connectivity index (χ0v) is 41.3. The summed E-state index contributed by atoms with van der Waals surface area (Å²) >= 11 is 0. The second kappa shape index (κ2) is 20.8. The molecule has 0 spiro atoms. The summed E-state index contributed by atoms with van der Waals surface area (Å²) in [5.41, 5.74) is 21.5. The molecule has 0 aliphatic carbocycles. The molecule has 0 amide bonds. The molecule has 0 aliphatic heterocycles. The first-order valence-corrected chi connectivity index (χ1v) is 22.6. The molecule has 0 saturated carbocycles. The van der Waals surface area contributed by atoms with Crippen LogP contribution in [0, 0.1) is 104 Å². The first kappa shape index (κ1) is 47.6. The fraction of sp³-hybridized carbons (Fsp3) is 0.250. The minimum Gasteiger partial charge on any atom is -0.258 e. The Morgan fingerprint density at radius 2 is 0.785 bits per heavy atom. The summed E-state index contributed by atoms with van der Waals surface area (Å²) in [4.78, 5) is 22.4. The Hall–Kier alpha value is -6.85. The van der Waals surface area contributed by atoms with Gasteiger partial charge in [-0.2, -0.15) is 0 Å². The molecule has 10 rings (SSSR count). The normalized spacial score (nSPS) is 10.7. The van der Waals surface area contributed by atoms with Crippen molar-refractivity contribution in [1.29, 1.82) is 0 Å². The van der Waals surface area contributed by atoms with Gasteiger partial charge in [-0.15, -0.1) is 0 Å². The van der Waals surface area contributed by atoms with Crippen LogP contribution in [0.15, 0.2) is 121 Å². The van der Waals surface area contributed by atoms with Gasteiger partial charge in [-0.1, -0.05) is 78.9 Å². The van der Waals surface area contributed by atoms with Gasteiger partial charge in [0.05, 0.1) is 16.6 Å². The molecule has 0 bridgehead atoms. The van der Waals surface area contributed by atoms with Gasteiger partial charge in [0.25, 0.3) is 0 Å². The quantitative estimate of drug-likeness (QED) is 0.152. The number of aromatic nitrogens is 5. The number of aryl methyl sites for hydroxylation is 15. The fourth-order valence-electron chi connectivity index (χ4n) is 8.91. The monoisotopic (exact) mass is 856 g/mol. The van der Waals surface area contributed by atoms with E-state index < -0.39 is 0 Å². The van der Waals surface area contributed by atoms with E-state index in [0.29, 0.717) is 0 Å². The molecule has 0 atom stereocenters. The summed E-state index contributed by atoms with van der Waals surface area (Å²) in [6.45, 7) is 31.3. The number of rotatable bonds is 0. The van der Waals surface area contributed by atoms with Crippen molar-refractivity contribution < 1.29 is 0 Å². The number of hydrogen-bond donors (Lipinski definition) is 0. The van der Waals surface area contributed by atoms with Gasteiger partial charge in [-0.05, 0) is 202 Å². The smallest absolute Gasteiger partial charge is 0.0736 e. The summed E-state index contributed by atoms with van der Waals surface area (Å²) in [6, 6.07) is 42.4. The second-order valence-electron chi connectivity index (χ2n) is 17.7. The van der Waals surface area contributed by atoms with E-state index in [9.17, 15) is 0 Å². The summed E-state index contributed by atoms with van der Waals surface area (Å²) in [6.07, 6.45) is 0. The lowest BCUT2D eigenvalue weighted by Crippen LogP contribution is -1.89. The van der Waals surface area contributed by atoms with Crippen LogP contribution in [0.1, 0.15) is 84.4 Å². The Morgan fingerprint density at radius 1 is 0.277 bits per heavy atom. The van der Waals surface area contributed by atoms with Crippen LogP contribution in [0.5, 0.6) is 0 Å². The summed E-state index contributed by atoms with van der Waals surface area (Å²) in [5.74, 6) is 0. The van der Waals surface area contributed by atoms with E-state index in [-0.39, 0.29) is 0 Å². The van der Waals surface area contributed by atoms with Crippen molar-refractivity contribution in [3.05, 3.63) is 206 Å². The van der Waals surface area contributed by atoms with Crippen LogP contribution in [0.4, 0.5) is 0 Å². The van der Waals surface area contributed by atoms with Crippen molar-refractivity contribution in [2.24, 2.45) is 0 Å². The third-order valence-electron chi connectivity index (χ3n) is 11.8. The van der Waals surface area contributed by atoms with Gasteiger partial charge < -0.3 is 0 Å². The number of para-hydroxylation sites is 1. The van der Waals surface area contributed by atoms with Crippen molar-refractivity contribution in [3.63, 3.8) is 0 Å². The molecule has 10 aromatic rings. The SMILES string of the molecule is Cc1cc(C)c2c(C)cccc2n1.Cc1cc(C)c2cccc(C)c2n1.Cc1cc2c(C)cccc2c(C)n1.Cc1cc2cccc(C)c2c(C)n1.Cc1ccc2c(C)cc(C)nc2c1. The first-order valence-electron chi connectivity index (χ1n) is 22.6. The molecule has 5 nitrogen and oxygen atoms in total. The molecule has 0 aliphatic rings. The lowest BCUT2D eigenvalue weighted by Gasteiger charge is -2.05. The first-order chi connectivity index (χ1) is 30.9. The molecular weight excluding hydrogens is 791 g/mol. The van der Waals surface area contributed by atoms with E-state index in [2.05, 4.69) is 215 Å². The number of pyridine rings is 5. The molecule has 0 unspecified atom stereocenters. The minimum absolute atomic E-state index is 1.09. The van der Waals surface area contributed by atoms with Gasteiger partial charge in [0.2, 0.25) is 0 Å². The fourth-order valence-corrected chi connectivity index (χ4v) is 8.91. The maximum atomic E-state index is 4.54. The van der Waals surface area contributed by atoms with Gasteiger partial charge in [0.15, 0.2) is 0 Å². The second-order valence-corrected chi connectivity index (χ2v) is 17.7. The van der Waals surface area contributed by atoms with Crippen molar-refractivity contribution in [3.8, 4) is 0 Å². The Labute approximate surface area is 387 Å². The van der Waals surface area contributed by atoms with Gasteiger partial charge in [0.1, 0.15) is 0 Å². The molecule has 5 heteroatoms. The van der Waals surface area contributed by atoms with E-state index in [1.807, 2.05) is 34.6 Å². The number of fused-ring (bicyclic) bond motifs is 5. The number of nitrogens with zero attached hydrogens (tertiary/aromatic N) is 5. The van der Waals surface area contributed by atoms with E-state index in [1.165, 1.54) is 82.2 Å². The average Bonchev–Trinajstić information content (AvgIpc) is 3.22. The highest BCUT2D eigenvalue weighted by molar-refractivity contribution is 5.89. The highest BCUT2D eigenvalue weighted by atomic mass is 14.7. The van der Waals surface area contributed by atoms with E-state index in [4.69, 9.17) is 0 Å². The van der Waals surface area contributed by atoms with E-state index in [0.717, 1.165) is 56.4 Å². The van der Waals surface area contributed by atoms with Crippen LogP contribution in [0.25, 0.3) is 54.3 Å². The van der Waals surface area contributed by atoms with E-state index >= 15 is 0 Å². The third-order valence-corrected chi connectivity index (χ3v) is 11.8. The summed E-state index contributed by atoms with van der Waals surface area (Å²) in [7, 11) is 0. The maximum absolute atomic E-state index is 4.54. The van der Waals surface area contributed by atoms with Crippen molar-refractivity contribution >= 4 is 54.3 Å². The van der Waals surface area contributed by atoms with Gasteiger partial charge in [-0.3, -0.25) is 24.9 Å². The predicted octanol–water partition coefficient (Wildman–Crippen LogP) is 15.8. The molecule has 5 aromatic heterocycles. The Morgan fingerprint density at radius 3 is 1.49 bits per heavy atom. The van der Waals surface area contributed by atoms with Crippen LogP contribution >= 0.6 is 0 Å². The van der Waals surface area contributed by atoms with E-state index in [1.54, 1.807) is 0 Å². The van der Waals surface area contributed by atoms with Gasteiger partial charge in [-0.25, -0.2) is 0 Å². The molecule has 330 valence electrons. The van der Waals surface area contributed by atoms with Crippen LogP contribution in [-0.2, 0) is 0 Å². The highest BCUT2D eigenvalue weighted by Gasteiger charge is 2.05. The molecule has 5 aromatic carbocycles. The van der Waals surface area contributed by atoms with Crippen molar-refractivity contribution in [1.82, 2.24) is 24.9 Å². The van der Waals surface area contributed by atoms with Gasteiger partial charge in [0, 0.05) is 66.8 Å². The van der Waals surface area contributed by atoms with Crippen LogP contribution in [0.2, 0.25) is 0 Å². The zero-order chi connectivity index (χ0) is 47.1. The Kier molecular flexibility index (Phi) is 15.2. The molecule has 0 N–H and O–H groups in total. The van der Waals surface area contributed by atoms with Gasteiger partial charge >= 0.3 is 0 Å². The topological polar surface area (TPSA) is 64.5 Å². The maximum Gasteiger partial charge on any atom is 0.0736 e. The molecule has 65 heavy (non-hydrogen) atoms. The van der Waals surface area contributed by atoms with Crippen molar-refractivity contribution in [2.75, 3.05) is 0 Å². The molecular formula is C60H65N5. The third kappa shape index (κ3) is 11.6. The lowest BCUT2D eigenvalue weighted by molar-refractivity contribution is 1.15. The van der Waals surface area contributed by atoms with Crippen LogP contribution in [0.3, 0.4) is 0 Å². The predicted molar refractivity (Wildman–Crippen MR) is 280 cm³/mol. The highest BCUT2D eigenvalue weighted by Crippen LogP contribution is 2.24. The number of benzene rings is 5. The molecule has 5 heterocycles. The Balaban J connectivity index is 0.000000135. The lowest BCUT2D eigenvalue weighted by atomic mass is 10.0. The Bertz CT molecular complexity index is 3130. The zero-order valence-electron chi connectivity index (χ0n) is 41.3. The van der Waals surface area contributed by atoms with Crippen molar-refractivity contribution in [2.45, 2.75) is 104 Å². The standard InChI is InChI=1S/5C12H13N/c1-8-4-5-11-9(2)7-10(3)13-12(11)6-8;1-8-5-4-6-11-10(3)13-9(2)7-12(8)11;1-8-5-4-6-11-7-9(2)13-10(3)12(8)11;1-8-5-4-6-11-12(8)9(2)7-10(3)13-11;1-8-5-4-6-11-9(2)7-10(3)13-12(8)11/h5*4-7H,1-3H3. The van der Waals surface area contributed by atoms with Crippen LogP contribution < -0.4 is 0 Å². The van der Waals surface area contributed by atoms with Crippen LogP contribution in [-0.4, -0.2) is 24.9 Å². The largest absolute Gasteiger partial charge is 0.258 e. The molecule has 0 saturated heterocycles.